The van der Waals surface area contributed by atoms with Crippen LogP contribution in [0, 0.1) is 24.0 Å². The molecule has 0 heterocycles. The van der Waals surface area contributed by atoms with Crippen LogP contribution in [0.5, 0.6) is 0 Å². The second kappa shape index (κ2) is 12.7. The maximum absolute atomic E-state index is 13.8. The molecular formula is C26H36N4O6S. The number of benzene rings is 2. The van der Waals surface area contributed by atoms with Crippen LogP contribution in [-0.4, -0.2) is 54.9 Å². The summed E-state index contributed by atoms with van der Waals surface area (Å²) in [5.41, 5.74) is 1.97. The van der Waals surface area contributed by atoms with Crippen molar-refractivity contribution in [2.45, 2.75) is 66.1 Å². The molecule has 10 nitrogen and oxygen atoms in total. The predicted molar refractivity (Wildman–Crippen MR) is 144 cm³/mol. The minimum atomic E-state index is -4.00. The van der Waals surface area contributed by atoms with Gasteiger partial charge in [0.25, 0.3) is 5.69 Å². The summed E-state index contributed by atoms with van der Waals surface area (Å²) in [6.45, 7) is 8.61. The Morgan fingerprint density at radius 1 is 1.08 bits per heavy atom. The highest BCUT2D eigenvalue weighted by Gasteiger charge is 2.33. The van der Waals surface area contributed by atoms with Crippen LogP contribution < -0.4 is 9.62 Å². The van der Waals surface area contributed by atoms with Crippen molar-refractivity contribution < 1.29 is 22.9 Å². The molecule has 0 aliphatic heterocycles. The van der Waals surface area contributed by atoms with Crippen LogP contribution in [0.4, 0.5) is 11.4 Å². The van der Waals surface area contributed by atoms with Crippen LogP contribution in [0.1, 0.15) is 50.3 Å². The second-order valence-electron chi connectivity index (χ2n) is 9.25. The number of nitro benzene ring substituents is 1. The van der Waals surface area contributed by atoms with E-state index in [2.05, 4.69) is 5.32 Å². The number of nitro groups is 1. The maximum atomic E-state index is 13.8. The summed E-state index contributed by atoms with van der Waals surface area (Å²) < 4.78 is 26.4. The van der Waals surface area contributed by atoms with E-state index in [9.17, 15) is 28.1 Å². The minimum Gasteiger partial charge on any atom is -0.352 e. The topological polar surface area (TPSA) is 130 Å². The van der Waals surface area contributed by atoms with E-state index in [1.165, 1.54) is 17.0 Å². The van der Waals surface area contributed by atoms with E-state index in [-0.39, 0.29) is 29.9 Å². The van der Waals surface area contributed by atoms with Crippen molar-refractivity contribution in [2.24, 2.45) is 0 Å². The monoisotopic (exact) mass is 532 g/mol. The molecule has 0 spiro atoms. The fraction of sp³-hybridized carbons (Fsp3) is 0.462. The van der Waals surface area contributed by atoms with E-state index < -0.39 is 33.4 Å². The van der Waals surface area contributed by atoms with Crippen molar-refractivity contribution in [3.8, 4) is 0 Å². The van der Waals surface area contributed by atoms with E-state index in [0.29, 0.717) is 18.4 Å². The quantitative estimate of drug-likeness (QED) is 0.328. The van der Waals surface area contributed by atoms with E-state index in [1.54, 1.807) is 13.8 Å². The van der Waals surface area contributed by atoms with Crippen molar-refractivity contribution >= 4 is 33.2 Å². The molecule has 0 fully saturated rings. The summed E-state index contributed by atoms with van der Waals surface area (Å²) >= 11 is 0. The van der Waals surface area contributed by atoms with Crippen molar-refractivity contribution in [3.05, 3.63) is 69.3 Å². The Hall–Kier alpha value is -3.47. The van der Waals surface area contributed by atoms with Gasteiger partial charge in [0, 0.05) is 24.7 Å². The summed E-state index contributed by atoms with van der Waals surface area (Å²) in [7, 11) is -4.00. The molecule has 0 saturated heterocycles. The van der Waals surface area contributed by atoms with Crippen LogP contribution in [0.25, 0.3) is 0 Å². The van der Waals surface area contributed by atoms with Gasteiger partial charge >= 0.3 is 0 Å². The number of rotatable bonds is 12. The fourth-order valence-electron chi connectivity index (χ4n) is 3.94. The number of sulfonamides is 1. The third-order valence-corrected chi connectivity index (χ3v) is 7.30. The SMILES string of the molecule is CC[C@H](C)NC(=O)[C@H](CC)N(Cc1cccc(C)c1)C(=O)CN(c1cc([N+](=O)[O-])ccc1C)S(C)(=O)=O. The summed E-state index contributed by atoms with van der Waals surface area (Å²) in [4.78, 5) is 39.0. The Labute approximate surface area is 218 Å². The third kappa shape index (κ3) is 8.01. The molecule has 2 rings (SSSR count). The zero-order chi connectivity index (χ0) is 27.9. The first-order chi connectivity index (χ1) is 17.3. The third-order valence-electron chi connectivity index (χ3n) is 6.17. The zero-order valence-electron chi connectivity index (χ0n) is 22.2. The smallest absolute Gasteiger partial charge is 0.271 e. The van der Waals surface area contributed by atoms with Crippen molar-refractivity contribution in [1.29, 1.82) is 0 Å². The van der Waals surface area contributed by atoms with Crippen LogP contribution >= 0.6 is 0 Å². The lowest BCUT2D eigenvalue weighted by Gasteiger charge is -2.33. The molecule has 0 aliphatic carbocycles. The van der Waals surface area contributed by atoms with Gasteiger partial charge in [-0.15, -0.1) is 0 Å². The van der Waals surface area contributed by atoms with Gasteiger partial charge in [-0.1, -0.05) is 49.7 Å². The molecule has 0 bridgehead atoms. The lowest BCUT2D eigenvalue weighted by atomic mass is 10.1. The molecule has 0 unspecified atom stereocenters. The summed E-state index contributed by atoms with van der Waals surface area (Å²) in [6.07, 6.45) is 1.97. The van der Waals surface area contributed by atoms with Crippen LogP contribution in [0.15, 0.2) is 42.5 Å². The number of non-ortho nitro benzene ring substituents is 1. The van der Waals surface area contributed by atoms with Crippen LogP contribution in [-0.2, 0) is 26.2 Å². The maximum Gasteiger partial charge on any atom is 0.271 e. The number of amides is 2. The molecule has 0 aliphatic rings. The van der Waals surface area contributed by atoms with Gasteiger partial charge in [-0.25, -0.2) is 8.42 Å². The number of carbonyl (C=O) groups is 2. The molecule has 0 aromatic heterocycles. The van der Waals surface area contributed by atoms with Gasteiger partial charge in [0.1, 0.15) is 12.6 Å². The molecule has 2 aromatic carbocycles. The van der Waals surface area contributed by atoms with Crippen molar-refractivity contribution in [1.82, 2.24) is 10.2 Å². The van der Waals surface area contributed by atoms with Gasteiger partial charge in [0.05, 0.1) is 16.9 Å². The lowest BCUT2D eigenvalue weighted by Crippen LogP contribution is -2.53. The molecule has 11 heteroatoms. The molecule has 202 valence electrons. The van der Waals surface area contributed by atoms with Gasteiger partial charge in [-0.2, -0.15) is 0 Å². The highest BCUT2D eigenvalue weighted by Crippen LogP contribution is 2.28. The number of nitrogens with one attached hydrogen (secondary N) is 1. The number of carbonyl (C=O) groups excluding carboxylic acids is 2. The first-order valence-electron chi connectivity index (χ1n) is 12.2. The van der Waals surface area contributed by atoms with Gasteiger partial charge in [-0.3, -0.25) is 24.0 Å². The Bertz CT molecular complexity index is 1250. The average molecular weight is 533 g/mol. The normalized spacial score (nSPS) is 12.9. The van der Waals surface area contributed by atoms with Gasteiger partial charge in [0.15, 0.2) is 0 Å². The van der Waals surface area contributed by atoms with Crippen molar-refractivity contribution in [2.75, 3.05) is 17.1 Å². The van der Waals surface area contributed by atoms with E-state index in [0.717, 1.165) is 27.8 Å². The zero-order valence-corrected chi connectivity index (χ0v) is 23.0. The molecule has 1 N–H and O–H groups in total. The molecule has 0 saturated carbocycles. The molecular weight excluding hydrogens is 496 g/mol. The molecule has 2 atom stereocenters. The summed E-state index contributed by atoms with van der Waals surface area (Å²) in [6, 6.07) is 10.4. The van der Waals surface area contributed by atoms with Crippen molar-refractivity contribution in [3.63, 3.8) is 0 Å². The molecule has 2 amide bonds. The number of aryl methyl sites for hydroxylation is 2. The standard InChI is InChI=1S/C26H36N4O6S/c1-7-20(5)27-26(32)23(8-2)28(16-21-11-9-10-18(3)14-21)25(31)17-29(37(6,35)36)24-15-22(30(33)34)13-12-19(24)4/h9-15,20,23H,7-8,16-17H2,1-6H3,(H,27,32)/t20-,23-/m0/s1. The molecule has 37 heavy (non-hydrogen) atoms. The van der Waals surface area contributed by atoms with Crippen LogP contribution in [0.3, 0.4) is 0 Å². The first kappa shape index (κ1) is 29.8. The number of nitrogens with zero attached hydrogens (tertiary/aromatic N) is 3. The first-order valence-corrected chi connectivity index (χ1v) is 14.0. The lowest BCUT2D eigenvalue weighted by molar-refractivity contribution is -0.384. The highest BCUT2D eigenvalue weighted by molar-refractivity contribution is 7.92. The highest BCUT2D eigenvalue weighted by atomic mass is 32.2. The average Bonchev–Trinajstić information content (AvgIpc) is 2.81. The van der Waals surface area contributed by atoms with E-state index in [1.807, 2.05) is 45.0 Å². The number of anilines is 1. The van der Waals surface area contributed by atoms with E-state index in [4.69, 9.17) is 0 Å². The van der Waals surface area contributed by atoms with Gasteiger partial charge in [-0.05, 0) is 44.7 Å². The summed E-state index contributed by atoms with van der Waals surface area (Å²) in [5, 5.41) is 14.2. The van der Waals surface area contributed by atoms with E-state index >= 15 is 0 Å². The van der Waals surface area contributed by atoms with Gasteiger partial charge < -0.3 is 10.2 Å². The molecule has 0 radical (unpaired) electrons. The Morgan fingerprint density at radius 2 is 1.76 bits per heavy atom. The minimum absolute atomic E-state index is 0.0395. The Balaban J connectivity index is 2.53. The number of hydrogen-bond acceptors (Lipinski definition) is 6. The predicted octanol–water partition coefficient (Wildman–Crippen LogP) is 3.70. The Kier molecular flexibility index (Phi) is 10.2. The molecule has 2 aromatic rings. The van der Waals surface area contributed by atoms with Crippen LogP contribution in [0.2, 0.25) is 0 Å². The van der Waals surface area contributed by atoms with Gasteiger partial charge in [0.2, 0.25) is 21.8 Å². The summed E-state index contributed by atoms with van der Waals surface area (Å²) in [5.74, 6) is -0.917. The largest absolute Gasteiger partial charge is 0.352 e. The Morgan fingerprint density at radius 3 is 2.30 bits per heavy atom. The second-order valence-corrected chi connectivity index (χ2v) is 11.2. The fourth-order valence-corrected chi connectivity index (χ4v) is 4.84. The number of hydrogen-bond donors (Lipinski definition) is 1.